The number of hydrogen-bond acceptors (Lipinski definition) is 4. The second kappa shape index (κ2) is 11.5. The first-order valence-corrected chi connectivity index (χ1v) is 12.4. The summed E-state index contributed by atoms with van der Waals surface area (Å²) >= 11 is 0. The fraction of sp³-hybridized carbons (Fsp3) is 0.0882. The Balaban J connectivity index is 1.62. The summed E-state index contributed by atoms with van der Waals surface area (Å²) in [6.45, 7) is 2.08. The van der Waals surface area contributed by atoms with Crippen LogP contribution in [0.5, 0.6) is 11.5 Å². The van der Waals surface area contributed by atoms with E-state index in [-0.39, 0.29) is 0 Å². The van der Waals surface area contributed by atoms with Crippen LogP contribution in [0.1, 0.15) is 22.3 Å². The van der Waals surface area contributed by atoms with E-state index in [0.29, 0.717) is 0 Å². The standard InChI is InChI=1S/C34H29NO3/c1-24-9-15-29(16-10-24)35-32(26-7-5-4-6-8-26)21-25-22-33(27-11-17-30(36-2)18-12-27)38-34(23-25)28-13-19-31(37-3)20-14-28/h4-23H,1-3H3. The predicted octanol–water partition coefficient (Wildman–Crippen LogP) is 8.17. The van der Waals surface area contributed by atoms with Gasteiger partial charge in [-0.25, -0.2) is 4.99 Å². The van der Waals surface area contributed by atoms with E-state index in [4.69, 9.17) is 19.2 Å². The average molecular weight is 500 g/mol. The predicted molar refractivity (Wildman–Crippen MR) is 155 cm³/mol. The molecule has 0 saturated heterocycles. The van der Waals surface area contributed by atoms with Crippen molar-refractivity contribution in [3.8, 4) is 11.5 Å². The summed E-state index contributed by atoms with van der Waals surface area (Å²) in [5.74, 6) is 3.08. The number of aryl methyl sites for hydroxylation is 1. The molecule has 0 bridgehead atoms. The lowest BCUT2D eigenvalue weighted by atomic mass is 10.0. The molecule has 0 amide bonds. The van der Waals surface area contributed by atoms with E-state index in [1.54, 1.807) is 14.2 Å². The van der Waals surface area contributed by atoms with Gasteiger partial charge < -0.3 is 14.2 Å². The minimum Gasteiger partial charge on any atom is -0.497 e. The van der Waals surface area contributed by atoms with Gasteiger partial charge in [-0.3, -0.25) is 0 Å². The molecule has 0 saturated carbocycles. The van der Waals surface area contributed by atoms with E-state index >= 15 is 0 Å². The summed E-state index contributed by atoms with van der Waals surface area (Å²) in [4.78, 5) is 5.01. The van der Waals surface area contributed by atoms with Crippen molar-refractivity contribution < 1.29 is 14.2 Å². The highest BCUT2D eigenvalue weighted by Gasteiger charge is 2.16. The lowest BCUT2D eigenvalue weighted by molar-refractivity contribution is 0.414. The Hall–Kier alpha value is -4.83. The Labute approximate surface area is 223 Å². The number of rotatable bonds is 7. The SMILES string of the molecule is COc1ccc(C2=CC(=CC(=Nc3ccc(C)cc3)c3ccccc3)C=C(c3ccc(OC)cc3)O2)cc1. The Bertz CT molecular complexity index is 1440. The van der Waals surface area contributed by atoms with Crippen molar-refractivity contribution in [3.05, 3.63) is 149 Å². The highest BCUT2D eigenvalue weighted by atomic mass is 16.5. The summed E-state index contributed by atoms with van der Waals surface area (Å²) in [5, 5.41) is 0. The largest absolute Gasteiger partial charge is 0.497 e. The molecule has 0 spiro atoms. The molecule has 0 radical (unpaired) electrons. The van der Waals surface area contributed by atoms with E-state index in [1.165, 1.54) is 5.56 Å². The van der Waals surface area contributed by atoms with Crippen LogP contribution in [-0.4, -0.2) is 19.9 Å². The molecule has 0 aromatic heterocycles. The van der Waals surface area contributed by atoms with Crippen molar-refractivity contribution in [3.63, 3.8) is 0 Å². The van der Waals surface area contributed by atoms with Crippen molar-refractivity contribution >= 4 is 22.9 Å². The van der Waals surface area contributed by atoms with Crippen LogP contribution in [0, 0.1) is 6.92 Å². The van der Waals surface area contributed by atoms with Crippen LogP contribution in [0.2, 0.25) is 0 Å². The summed E-state index contributed by atoms with van der Waals surface area (Å²) in [6, 6.07) is 34.2. The van der Waals surface area contributed by atoms with Crippen molar-refractivity contribution in [1.29, 1.82) is 0 Å². The number of hydrogen-bond donors (Lipinski definition) is 0. The molecule has 0 N–H and O–H groups in total. The van der Waals surface area contributed by atoms with E-state index in [0.717, 1.165) is 56.7 Å². The molecule has 4 heteroatoms. The van der Waals surface area contributed by atoms with Gasteiger partial charge in [-0.1, -0.05) is 48.0 Å². The number of benzene rings is 4. The third-order valence-corrected chi connectivity index (χ3v) is 6.22. The van der Waals surface area contributed by atoms with E-state index in [9.17, 15) is 0 Å². The zero-order valence-electron chi connectivity index (χ0n) is 21.7. The number of nitrogens with zero attached hydrogens (tertiary/aromatic N) is 1. The van der Waals surface area contributed by atoms with E-state index in [1.807, 2.05) is 91.0 Å². The van der Waals surface area contributed by atoms with Gasteiger partial charge in [0.05, 0.1) is 25.6 Å². The fourth-order valence-corrected chi connectivity index (χ4v) is 4.11. The summed E-state index contributed by atoms with van der Waals surface area (Å²) < 4.78 is 17.1. The van der Waals surface area contributed by atoms with Gasteiger partial charge in [0.15, 0.2) is 0 Å². The molecule has 38 heavy (non-hydrogen) atoms. The molecule has 1 aliphatic heterocycles. The highest BCUT2D eigenvalue weighted by molar-refractivity contribution is 6.11. The molecule has 5 rings (SSSR count). The molecule has 4 nitrogen and oxygen atoms in total. The van der Waals surface area contributed by atoms with Crippen LogP contribution in [0.15, 0.2) is 132 Å². The molecule has 1 heterocycles. The van der Waals surface area contributed by atoms with E-state index in [2.05, 4.69) is 37.3 Å². The van der Waals surface area contributed by atoms with Crippen LogP contribution < -0.4 is 9.47 Å². The van der Waals surface area contributed by atoms with Gasteiger partial charge >= 0.3 is 0 Å². The van der Waals surface area contributed by atoms with E-state index < -0.39 is 0 Å². The minimum atomic E-state index is 0.745. The highest BCUT2D eigenvalue weighted by Crippen LogP contribution is 2.34. The number of aliphatic imine (C=N–C) groups is 1. The number of methoxy groups -OCH3 is 2. The Morgan fingerprint density at radius 1 is 0.658 bits per heavy atom. The van der Waals surface area contributed by atoms with Crippen LogP contribution in [0.3, 0.4) is 0 Å². The summed E-state index contributed by atoms with van der Waals surface area (Å²) in [6.07, 6.45) is 6.19. The first-order chi connectivity index (χ1) is 18.6. The third kappa shape index (κ3) is 5.93. The minimum absolute atomic E-state index is 0.745. The smallest absolute Gasteiger partial charge is 0.135 e. The number of ether oxygens (including phenoxy) is 3. The zero-order chi connectivity index (χ0) is 26.3. The van der Waals surface area contributed by atoms with Gasteiger partial charge in [0.25, 0.3) is 0 Å². The molecule has 188 valence electrons. The molecule has 0 unspecified atom stereocenters. The maximum absolute atomic E-state index is 6.41. The maximum atomic E-state index is 6.41. The normalized spacial score (nSPS) is 13.2. The molecule has 1 aliphatic rings. The molecular formula is C34H29NO3. The van der Waals surface area contributed by atoms with Gasteiger partial charge in [-0.05, 0) is 91.4 Å². The first-order valence-electron chi connectivity index (χ1n) is 12.4. The second-order valence-corrected chi connectivity index (χ2v) is 8.92. The van der Waals surface area contributed by atoms with Crippen LogP contribution in [0.25, 0.3) is 11.5 Å². The van der Waals surface area contributed by atoms with Crippen LogP contribution in [-0.2, 0) is 4.74 Å². The second-order valence-electron chi connectivity index (χ2n) is 8.92. The molecule has 4 aromatic carbocycles. The fourth-order valence-electron chi connectivity index (χ4n) is 4.11. The maximum Gasteiger partial charge on any atom is 0.135 e. The Morgan fingerprint density at radius 2 is 1.18 bits per heavy atom. The third-order valence-electron chi connectivity index (χ3n) is 6.22. The van der Waals surface area contributed by atoms with Crippen molar-refractivity contribution in [2.24, 2.45) is 4.99 Å². The number of allylic oxidation sites excluding steroid dienone is 4. The first kappa shape index (κ1) is 24.8. The van der Waals surface area contributed by atoms with Crippen molar-refractivity contribution in [2.45, 2.75) is 6.92 Å². The lowest BCUT2D eigenvalue weighted by Crippen LogP contribution is -2.03. The molecule has 0 fully saturated rings. The summed E-state index contributed by atoms with van der Waals surface area (Å²) in [5.41, 5.74) is 6.87. The van der Waals surface area contributed by atoms with Crippen molar-refractivity contribution in [2.75, 3.05) is 14.2 Å². The van der Waals surface area contributed by atoms with Crippen molar-refractivity contribution in [1.82, 2.24) is 0 Å². The van der Waals surface area contributed by atoms with Gasteiger partial charge in [-0.15, -0.1) is 0 Å². The van der Waals surface area contributed by atoms with Gasteiger partial charge in [0.1, 0.15) is 23.0 Å². The monoisotopic (exact) mass is 499 g/mol. The quantitative estimate of drug-likeness (QED) is 0.241. The van der Waals surface area contributed by atoms with Gasteiger partial charge in [-0.2, -0.15) is 0 Å². The Kier molecular flexibility index (Phi) is 7.51. The zero-order valence-corrected chi connectivity index (χ0v) is 21.7. The topological polar surface area (TPSA) is 40.0 Å². The summed E-state index contributed by atoms with van der Waals surface area (Å²) in [7, 11) is 3.32. The Morgan fingerprint density at radius 3 is 1.68 bits per heavy atom. The van der Waals surface area contributed by atoms with Crippen LogP contribution >= 0.6 is 0 Å². The molecule has 0 aliphatic carbocycles. The van der Waals surface area contributed by atoms with Gasteiger partial charge in [0.2, 0.25) is 0 Å². The molecule has 0 atom stereocenters. The average Bonchev–Trinajstić information content (AvgIpc) is 2.98. The van der Waals surface area contributed by atoms with Crippen LogP contribution in [0.4, 0.5) is 5.69 Å². The molecule has 4 aromatic rings. The molecular weight excluding hydrogens is 470 g/mol. The lowest BCUT2D eigenvalue weighted by Gasteiger charge is -2.19. The van der Waals surface area contributed by atoms with Gasteiger partial charge in [0, 0.05) is 16.7 Å².